The second-order valence-electron chi connectivity index (χ2n) is 5.78. The van der Waals surface area contributed by atoms with Crippen molar-refractivity contribution >= 4 is 41.2 Å². The second-order valence-corrected chi connectivity index (χ2v) is 6.66. The fourth-order valence-electron chi connectivity index (χ4n) is 2.82. The van der Waals surface area contributed by atoms with Gasteiger partial charge in [-0.25, -0.2) is 0 Å². The van der Waals surface area contributed by atoms with Crippen molar-refractivity contribution in [2.45, 2.75) is 11.3 Å². The van der Waals surface area contributed by atoms with Gasteiger partial charge in [-0.1, -0.05) is 30.3 Å². The number of thioether (sulfide) groups is 1. The summed E-state index contributed by atoms with van der Waals surface area (Å²) in [5, 5.41) is 8.90. The monoisotopic (exact) mass is 367 g/mol. The first kappa shape index (κ1) is 17.9. The molecular formula is C20H17NO4S. The van der Waals surface area contributed by atoms with Gasteiger partial charge in [0.15, 0.2) is 0 Å². The number of hydrogen-bond donors (Lipinski definition) is 1. The van der Waals surface area contributed by atoms with Crippen LogP contribution in [0.1, 0.15) is 27.9 Å². The second kappa shape index (κ2) is 7.58. The maximum absolute atomic E-state index is 12.9. The molecule has 0 fully saturated rings. The zero-order chi connectivity index (χ0) is 18.7. The summed E-state index contributed by atoms with van der Waals surface area (Å²) < 4.78 is 0. The number of nitrogens with zero attached hydrogens (tertiary/aromatic N) is 1. The molecule has 2 amide bonds. The summed E-state index contributed by atoms with van der Waals surface area (Å²) >= 11 is 1.63. The lowest BCUT2D eigenvalue weighted by Crippen LogP contribution is -2.42. The van der Waals surface area contributed by atoms with Gasteiger partial charge in [-0.2, -0.15) is 0 Å². The highest BCUT2D eigenvalue weighted by atomic mass is 32.2. The van der Waals surface area contributed by atoms with E-state index >= 15 is 0 Å². The third kappa shape index (κ3) is 3.55. The molecule has 1 N–H and O–H groups in total. The van der Waals surface area contributed by atoms with Crippen molar-refractivity contribution in [3.05, 3.63) is 65.2 Å². The number of benzene rings is 2. The predicted octanol–water partition coefficient (Wildman–Crippen LogP) is 3.41. The normalized spacial score (nSPS) is 15.3. The van der Waals surface area contributed by atoms with Crippen LogP contribution in [0.2, 0.25) is 0 Å². The lowest BCUT2D eigenvalue weighted by atomic mass is 9.92. The van der Waals surface area contributed by atoms with E-state index in [4.69, 9.17) is 5.11 Å². The maximum atomic E-state index is 12.9. The Morgan fingerprint density at radius 1 is 1.04 bits per heavy atom. The average molecular weight is 367 g/mol. The molecule has 0 bridgehead atoms. The molecule has 3 rings (SSSR count). The first-order chi connectivity index (χ1) is 12.5. The predicted molar refractivity (Wildman–Crippen MR) is 101 cm³/mol. The van der Waals surface area contributed by atoms with Crippen molar-refractivity contribution in [1.82, 2.24) is 4.90 Å². The zero-order valence-electron chi connectivity index (χ0n) is 14.1. The molecule has 0 atom stereocenters. The summed E-state index contributed by atoms with van der Waals surface area (Å²) in [6.07, 6.45) is 3.45. The van der Waals surface area contributed by atoms with Crippen molar-refractivity contribution in [2.24, 2.45) is 0 Å². The van der Waals surface area contributed by atoms with Crippen LogP contribution in [0.3, 0.4) is 0 Å². The number of carbonyl (C=O) groups is 3. The number of hydrogen-bond acceptors (Lipinski definition) is 4. The lowest BCUT2D eigenvalue weighted by Gasteiger charge is -2.28. The highest BCUT2D eigenvalue weighted by Gasteiger charge is 2.34. The Kier molecular flexibility index (Phi) is 5.23. The Balaban J connectivity index is 2.05. The van der Waals surface area contributed by atoms with Crippen LogP contribution >= 0.6 is 11.8 Å². The van der Waals surface area contributed by atoms with E-state index in [1.54, 1.807) is 42.1 Å². The number of rotatable bonds is 5. The number of aliphatic carboxylic acids is 1. The van der Waals surface area contributed by atoms with Gasteiger partial charge in [0.2, 0.25) is 0 Å². The van der Waals surface area contributed by atoms with Crippen LogP contribution in [0.4, 0.5) is 0 Å². The highest BCUT2D eigenvalue weighted by Crippen LogP contribution is 2.30. The Hall–Kier alpha value is -2.86. The van der Waals surface area contributed by atoms with Crippen LogP contribution in [0.5, 0.6) is 0 Å². The molecule has 0 aliphatic carbocycles. The zero-order valence-corrected chi connectivity index (χ0v) is 15.0. The number of carbonyl (C=O) groups excluding carboxylic acids is 2. The molecule has 132 valence electrons. The summed E-state index contributed by atoms with van der Waals surface area (Å²) in [6, 6.07) is 14.6. The number of imide groups is 1. The van der Waals surface area contributed by atoms with Gasteiger partial charge in [-0.05, 0) is 41.7 Å². The van der Waals surface area contributed by atoms with Crippen LogP contribution < -0.4 is 0 Å². The topological polar surface area (TPSA) is 74.7 Å². The van der Waals surface area contributed by atoms with Crippen LogP contribution in [-0.4, -0.2) is 40.6 Å². The van der Waals surface area contributed by atoms with Gasteiger partial charge in [-0.3, -0.25) is 19.3 Å². The van der Waals surface area contributed by atoms with Crippen molar-refractivity contribution in [3.63, 3.8) is 0 Å². The van der Waals surface area contributed by atoms with Gasteiger partial charge in [0.25, 0.3) is 11.8 Å². The third-order valence-corrected chi connectivity index (χ3v) is 4.89. The lowest BCUT2D eigenvalue weighted by molar-refractivity contribution is -0.137. The van der Waals surface area contributed by atoms with Crippen molar-refractivity contribution in [1.29, 1.82) is 0 Å². The fraction of sp³-hybridized carbons (Fsp3) is 0.150. The molecule has 5 nitrogen and oxygen atoms in total. The van der Waals surface area contributed by atoms with E-state index < -0.39 is 17.8 Å². The van der Waals surface area contributed by atoms with Gasteiger partial charge < -0.3 is 5.11 Å². The molecule has 1 aliphatic heterocycles. The Morgan fingerprint density at radius 3 is 2.31 bits per heavy atom. The summed E-state index contributed by atoms with van der Waals surface area (Å²) in [5.41, 5.74) is 2.21. The molecule has 0 saturated carbocycles. The quantitative estimate of drug-likeness (QED) is 0.498. The minimum atomic E-state index is -1.05. The fourth-order valence-corrected chi connectivity index (χ4v) is 3.23. The molecule has 1 aliphatic rings. The summed E-state index contributed by atoms with van der Waals surface area (Å²) in [4.78, 5) is 38.5. The molecule has 6 heteroatoms. The standard InChI is InChI=1S/C20H17NO4S/c1-26-14-8-6-13(7-9-14)12-17-15-4-2-3-5-16(15)19(24)21(20(17)25)11-10-18(22)23/h2-9,12H,10-11H2,1H3,(H,22,23)/b17-12+. The SMILES string of the molecule is CSc1ccc(/C=C2/C(=O)N(CCC(=O)O)C(=O)c3ccccc32)cc1. The van der Waals surface area contributed by atoms with Gasteiger partial charge in [-0.15, -0.1) is 11.8 Å². The van der Waals surface area contributed by atoms with Gasteiger partial charge in [0, 0.05) is 22.6 Å². The van der Waals surface area contributed by atoms with E-state index in [1.807, 2.05) is 30.5 Å². The molecule has 0 spiro atoms. The van der Waals surface area contributed by atoms with E-state index in [1.165, 1.54) is 0 Å². The minimum Gasteiger partial charge on any atom is -0.481 e. The molecule has 2 aromatic rings. The molecule has 1 heterocycles. The van der Waals surface area contributed by atoms with Crippen LogP contribution in [0.25, 0.3) is 11.6 Å². The Bertz CT molecular complexity index is 902. The van der Waals surface area contributed by atoms with E-state index in [-0.39, 0.29) is 13.0 Å². The number of carboxylic acid groups (broad SMARTS) is 1. The van der Waals surface area contributed by atoms with Crippen LogP contribution in [0.15, 0.2) is 53.4 Å². The van der Waals surface area contributed by atoms with E-state index in [0.29, 0.717) is 16.7 Å². The molecule has 0 aromatic heterocycles. The summed E-state index contributed by atoms with van der Waals surface area (Å²) in [6.45, 7) is -0.149. The molecular weight excluding hydrogens is 350 g/mol. The smallest absolute Gasteiger partial charge is 0.305 e. The summed E-state index contributed by atoms with van der Waals surface area (Å²) in [5.74, 6) is -1.98. The van der Waals surface area contributed by atoms with Crippen molar-refractivity contribution in [2.75, 3.05) is 12.8 Å². The van der Waals surface area contributed by atoms with Crippen LogP contribution in [-0.2, 0) is 9.59 Å². The van der Waals surface area contributed by atoms with E-state index in [0.717, 1.165) is 15.4 Å². The first-order valence-electron chi connectivity index (χ1n) is 8.04. The number of carboxylic acids is 1. The van der Waals surface area contributed by atoms with Gasteiger partial charge in [0.05, 0.1) is 6.42 Å². The van der Waals surface area contributed by atoms with Gasteiger partial charge in [0.1, 0.15) is 0 Å². The van der Waals surface area contributed by atoms with Crippen molar-refractivity contribution in [3.8, 4) is 0 Å². The van der Waals surface area contributed by atoms with Gasteiger partial charge >= 0.3 is 5.97 Å². The molecule has 2 aromatic carbocycles. The Morgan fingerprint density at radius 2 is 1.69 bits per heavy atom. The molecule has 26 heavy (non-hydrogen) atoms. The Labute approximate surface area is 155 Å². The molecule has 0 unspecified atom stereocenters. The average Bonchev–Trinajstić information content (AvgIpc) is 2.65. The number of fused-ring (bicyclic) bond motifs is 1. The number of amides is 2. The molecule has 0 saturated heterocycles. The summed E-state index contributed by atoms with van der Waals surface area (Å²) in [7, 11) is 0. The van der Waals surface area contributed by atoms with E-state index in [9.17, 15) is 14.4 Å². The first-order valence-corrected chi connectivity index (χ1v) is 9.27. The van der Waals surface area contributed by atoms with E-state index in [2.05, 4.69) is 0 Å². The minimum absolute atomic E-state index is 0.149. The largest absolute Gasteiger partial charge is 0.481 e. The van der Waals surface area contributed by atoms with Crippen molar-refractivity contribution < 1.29 is 19.5 Å². The maximum Gasteiger partial charge on any atom is 0.305 e. The highest BCUT2D eigenvalue weighted by molar-refractivity contribution is 7.98. The van der Waals surface area contributed by atoms with Crippen LogP contribution in [0, 0.1) is 0 Å². The molecule has 0 radical (unpaired) electrons. The third-order valence-electron chi connectivity index (χ3n) is 4.14.